The lowest BCUT2D eigenvalue weighted by atomic mass is 9.89. The Bertz CT molecular complexity index is 571. The van der Waals surface area contributed by atoms with E-state index >= 15 is 0 Å². The summed E-state index contributed by atoms with van der Waals surface area (Å²) in [5, 5.41) is 18.0. The van der Waals surface area contributed by atoms with Crippen LogP contribution in [0.4, 0.5) is 0 Å². The van der Waals surface area contributed by atoms with E-state index in [0.29, 0.717) is 16.9 Å². The van der Waals surface area contributed by atoms with Gasteiger partial charge in [0.15, 0.2) is 6.10 Å². The number of nitrogens with zero attached hydrogens (tertiary/aromatic N) is 1. The number of hydrogen-bond acceptors (Lipinski definition) is 3. The molecule has 0 aliphatic rings. The van der Waals surface area contributed by atoms with Crippen LogP contribution in [0.15, 0.2) is 18.2 Å². The van der Waals surface area contributed by atoms with E-state index in [1.807, 2.05) is 6.07 Å². The first-order chi connectivity index (χ1) is 8.79. The second kappa shape index (κ2) is 5.46. The highest BCUT2D eigenvalue weighted by Crippen LogP contribution is 2.27. The Kier molecular flexibility index (Phi) is 4.19. The molecule has 0 fully saturated rings. The van der Waals surface area contributed by atoms with E-state index in [1.165, 1.54) is 18.2 Å². The second-order valence-electron chi connectivity index (χ2n) is 5.17. The van der Waals surface area contributed by atoms with Crippen LogP contribution in [0, 0.1) is 29.1 Å². The van der Waals surface area contributed by atoms with Crippen molar-refractivity contribution in [1.29, 1.82) is 5.26 Å². The van der Waals surface area contributed by atoms with Gasteiger partial charge in [-0.3, -0.25) is 0 Å². The van der Waals surface area contributed by atoms with Crippen molar-refractivity contribution in [2.24, 2.45) is 5.41 Å². The van der Waals surface area contributed by atoms with Gasteiger partial charge in [0.25, 0.3) is 0 Å². The molecule has 1 aromatic carbocycles. The first kappa shape index (κ1) is 14.6. The van der Waals surface area contributed by atoms with Gasteiger partial charge in [0, 0.05) is 5.41 Å². The minimum atomic E-state index is -1.06. The van der Waals surface area contributed by atoms with Crippen LogP contribution in [0.25, 0.3) is 0 Å². The van der Waals surface area contributed by atoms with Crippen molar-refractivity contribution in [3.63, 3.8) is 0 Å². The third-order valence-electron chi connectivity index (χ3n) is 2.52. The molecule has 0 bridgehead atoms. The van der Waals surface area contributed by atoms with Crippen LogP contribution in [-0.4, -0.2) is 17.2 Å². The first-order valence-electron chi connectivity index (χ1n) is 5.70. The molecule has 0 aliphatic carbocycles. The zero-order valence-electron chi connectivity index (χ0n) is 11.1. The van der Waals surface area contributed by atoms with E-state index < -0.39 is 17.5 Å². The highest BCUT2D eigenvalue weighted by molar-refractivity contribution is 5.74. The van der Waals surface area contributed by atoms with Gasteiger partial charge in [-0.25, -0.2) is 4.79 Å². The Balaban J connectivity index is 3.15. The van der Waals surface area contributed by atoms with Gasteiger partial charge in [-0.15, -0.1) is 6.42 Å². The molecular formula is C15H15NO3. The van der Waals surface area contributed by atoms with Crippen molar-refractivity contribution in [2.45, 2.75) is 26.9 Å². The molecule has 0 aromatic heterocycles. The molecular weight excluding hydrogens is 242 g/mol. The van der Waals surface area contributed by atoms with Crippen molar-refractivity contribution < 1.29 is 14.6 Å². The molecule has 1 aromatic rings. The van der Waals surface area contributed by atoms with Crippen LogP contribution in [0.3, 0.4) is 0 Å². The largest absolute Gasteiger partial charge is 0.478 e. The third kappa shape index (κ3) is 3.50. The Morgan fingerprint density at radius 3 is 2.53 bits per heavy atom. The van der Waals surface area contributed by atoms with Gasteiger partial charge in [0.1, 0.15) is 5.75 Å². The van der Waals surface area contributed by atoms with Crippen LogP contribution in [0.1, 0.15) is 31.9 Å². The molecule has 0 aliphatic heterocycles. The fourth-order valence-corrected chi connectivity index (χ4v) is 1.54. The summed E-state index contributed by atoms with van der Waals surface area (Å²) in [6.07, 6.45) is 4.33. The number of aliphatic carboxylic acids is 1. The summed E-state index contributed by atoms with van der Waals surface area (Å²) in [4.78, 5) is 11.2. The molecule has 1 atom stereocenters. The van der Waals surface area contributed by atoms with Gasteiger partial charge in [-0.2, -0.15) is 5.26 Å². The quantitative estimate of drug-likeness (QED) is 0.844. The van der Waals surface area contributed by atoms with Crippen LogP contribution >= 0.6 is 0 Å². The molecule has 0 radical (unpaired) electrons. The number of ether oxygens (including phenoxy) is 1. The molecule has 1 rings (SSSR count). The van der Waals surface area contributed by atoms with E-state index in [1.54, 1.807) is 20.8 Å². The summed E-state index contributed by atoms with van der Waals surface area (Å²) in [6.45, 7) is 5.31. The van der Waals surface area contributed by atoms with Crippen molar-refractivity contribution in [1.82, 2.24) is 0 Å². The van der Waals surface area contributed by atoms with E-state index in [-0.39, 0.29) is 0 Å². The van der Waals surface area contributed by atoms with Crippen LogP contribution in [0.5, 0.6) is 5.75 Å². The molecule has 0 saturated heterocycles. The number of terminal acetylenes is 1. The lowest BCUT2D eigenvalue weighted by Crippen LogP contribution is -2.39. The molecule has 0 amide bonds. The molecule has 0 heterocycles. The Morgan fingerprint density at radius 2 is 2.11 bits per heavy atom. The van der Waals surface area contributed by atoms with Crippen molar-refractivity contribution in [3.8, 4) is 24.2 Å². The van der Waals surface area contributed by atoms with E-state index in [4.69, 9.17) is 16.4 Å². The van der Waals surface area contributed by atoms with E-state index in [2.05, 4.69) is 5.92 Å². The average Bonchev–Trinajstić information content (AvgIpc) is 2.33. The highest BCUT2D eigenvalue weighted by atomic mass is 16.5. The van der Waals surface area contributed by atoms with Crippen molar-refractivity contribution in [3.05, 3.63) is 29.3 Å². The van der Waals surface area contributed by atoms with Gasteiger partial charge >= 0.3 is 5.97 Å². The van der Waals surface area contributed by atoms with Crippen LogP contribution < -0.4 is 4.74 Å². The molecule has 1 unspecified atom stereocenters. The van der Waals surface area contributed by atoms with Gasteiger partial charge in [0.05, 0.1) is 17.2 Å². The maximum absolute atomic E-state index is 11.2. The molecule has 98 valence electrons. The van der Waals surface area contributed by atoms with E-state index in [9.17, 15) is 9.90 Å². The standard InChI is InChI=1S/C15H15NO3/c1-5-11-8-10(9-16)6-7-12(11)19-13(14(17)18)15(2,3)4/h1,6-8,13H,2-4H3,(H,17,18). The molecule has 0 spiro atoms. The fourth-order valence-electron chi connectivity index (χ4n) is 1.54. The lowest BCUT2D eigenvalue weighted by Gasteiger charge is -2.28. The third-order valence-corrected chi connectivity index (χ3v) is 2.52. The normalized spacial score (nSPS) is 12.1. The number of carboxylic acid groups (broad SMARTS) is 1. The zero-order chi connectivity index (χ0) is 14.6. The first-order valence-corrected chi connectivity index (χ1v) is 5.70. The summed E-state index contributed by atoms with van der Waals surface area (Å²) in [5.41, 5.74) is 0.198. The van der Waals surface area contributed by atoms with Crippen molar-refractivity contribution >= 4 is 5.97 Å². The molecule has 19 heavy (non-hydrogen) atoms. The molecule has 4 nitrogen and oxygen atoms in total. The SMILES string of the molecule is C#Cc1cc(C#N)ccc1OC(C(=O)O)C(C)(C)C. The predicted molar refractivity (Wildman–Crippen MR) is 70.6 cm³/mol. The summed E-state index contributed by atoms with van der Waals surface area (Å²) >= 11 is 0. The zero-order valence-corrected chi connectivity index (χ0v) is 11.1. The van der Waals surface area contributed by atoms with Gasteiger partial charge in [-0.05, 0) is 18.2 Å². The maximum atomic E-state index is 11.2. The summed E-state index contributed by atoms with van der Waals surface area (Å²) in [5.74, 6) is 1.64. The Morgan fingerprint density at radius 1 is 1.47 bits per heavy atom. The maximum Gasteiger partial charge on any atom is 0.345 e. The van der Waals surface area contributed by atoms with Crippen LogP contribution in [-0.2, 0) is 4.79 Å². The minimum Gasteiger partial charge on any atom is -0.478 e. The van der Waals surface area contributed by atoms with E-state index in [0.717, 1.165) is 0 Å². The van der Waals surface area contributed by atoms with Gasteiger partial charge < -0.3 is 9.84 Å². The second-order valence-corrected chi connectivity index (χ2v) is 5.17. The topological polar surface area (TPSA) is 70.3 Å². The fraction of sp³-hybridized carbons (Fsp3) is 0.333. The number of nitriles is 1. The lowest BCUT2D eigenvalue weighted by molar-refractivity contribution is -0.150. The predicted octanol–water partition coefficient (Wildman–Crippen LogP) is 2.42. The Hall–Kier alpha value is -2.46. The molecule has 0 saturated carbocycles. The number of hydrogen-bond donors (Lipinski definition) is 1. The number of carboxylic acids is 1. The van der Waals surface area contributed by atoms with Gasteiger partial charge in [-0.1, -0.05) is 26.7 Å². The smallest absolute Gasteiger partial charge is 0.345 e. The number of benzene rings is 1. The summed E-state index contributed by atoms with van der Waals surface area (Å²) in [6, 6.07) is 6.53. The van der Waals surface area contributed by atoms with Gasteiger partial charge in [0.2, 0.25) is 0 Å². The highest BCUT2D eigenvalue weighted by Gasteiger charge is 2.33. The average molecular weight is 257 g/mol. The summed E-state index contributed by atoms with van der Waals surface area (Å²) in [7, 11) is 0. The number of carbonyl (C=O) groups is 1. The Labute approximate surface area is 112 Å². The summed E-state index contributed by atoms with van der Waals surface area (Å²) < 4.78 is 5.51. The van der Waals surface area contributed by atoms with Crippen molar-refractivity contribution in [2.75, 3.05) is 0 Å². The monoisotopic (exact) mass is 257 g/mol. The van der Waals surface area contributed by atoms with Crippen LogP contribution in [0.2, 0.25) is 0 Å². The number of rotatable bonds is 3. The minimum absolute atomic E-state index is 0.295. The molecule has 1 N–H and O–H groups in total. The molecule has 4 heteroatoms.